The van der Waals surface area contributed by atoms with E-state index >= 15 is 0 Å². The molecule has 0 saturated heterocycles. The van der Waals surface area contributed by atoms with Crippen LogP contribution < -0.4 is 0 Å². The molecule has 6 heteroatoms. The highest BCUT2D eigenvalue weighted by Gasteiger charge is 2.16. The number of carbonyl (C=O) groups excluding carboxylic acids is 2. The van der Waals surface area contributed by atoms with Crippen LogP contribution in [0.25, 0.3) is 11.1 Å². The average Bonchev–Trinajstić information content (AvgIpc) is 2.86. The second-order valence-corrected chi connectivity index (χ2v) is 7.52. The third-order valence-corrected chi connectivity index (χ3v) is 4.84. The van der Waals surface area contributed by atoms with E-state index in [2.05, 4.69) is 56.5 Å². The molecule has 2 aromatic rings. The zero-order valence-electron chi connectivity index (χ0n) is 19.5. The van der Waals surface area contributed by atoms with Gasteiger partial charge in [-0.15, -0.1) is 0 Å². The fraction of sp³-hybridized carbons (Fsp3) is 0.333. The van der Waals surface area contributed by atoms with E-state index in [1.165, 1.54) is 11.1 Å². The van der Waals surface area contributed by atoms with Crippen molar-refractivity contribution in [1.29, 1.82) is 0 Å². The lowest BCUT2D eigenvalue weighted by Gasteiger charge is -2.17. The van der Waals surface area contributed by atoms with Crippen molar-refractivity contribution in [2.45, 2.75) is 25.7 Å². The Kier molecular flexibility index (Phi) is 13.3. The van der Waals surface area contributed by atoms with Gasteiger partial charge in [-0.25, -0.2) is 4.79 Å². The maximum Gasteiger partial charge on any atom is 0.335 e. The van der Waals surface area contributed by atoms with Crippen molar-refractivity contribution in [1.82, 2.24) is 0 Å². The maximum atomic E-state index is 11.7. The summed E-state index contributed by atoms with van der Waals surface area (Å²) in [7, 11) is 1.62. The first-order chi connectivity index (χ1) is 15.9. The molecule has 0 spiro atoms. The molecule has 1 unspecified atom stereocenters. The van der Waals surface area contributed by atoms with Crippen LogP contribution >= 0.6 is 0 Å². The Balaban J connectivity index is 0.000000801. The number of ether oxygens (including phenoxy) is 2. The summed E-state index contributed by atoms with van der Waals surface area (Å²) in [6, 6.07) is 16.9. The van der Waals surface area contributed by atoms with E-state index < -0.39 is 12.6 Å². The number of aryl methyl sites for hydroxylation is 1. The number of rotatable bonds is 12. The molecule has 1 atom stereocenters. The molecular weight excluding hydrogens is 420 g/mol. The number of methoxy groups -OCH3 is 1. The number of benzene rings is 2. The third-order valence-electron chi connectivity index (χ3n) is 4.84. The number of hydrogen-bond acceptors (Lipinski definition) is 6. The number of aliphatic hydroxyl groups is 2. The Morgan fingerprint density at radius 2 is 1.55 bits per heavy atom. The maximum absolute atomic E-state index is 11.7. The topological polar surface area (TPSA) is 93.1 Å². The third kappa shape index (κ3) is 9.95. The summed E-state index contributed by atoms with van der Waals surface area (Å²) in [5, 5.41) is 17.0. The lowest BCUT2D eigenvalue weighted by atomic mass is 9.96. The number of aldehydes is 1. The van der Waals surface area contributed by atoms with Crippen LogP contribution in [0, 0.1) is 0 Å². The molecule has 0 aliphatic carbocycles. The Morgan fingerprint density at radius 1 is 0.970 bits per heavy atom. The number of carbonyl (C=O) groups is 2. The first kappa shape index (κ1) is 28.0. The molecule has 0 bridgehead atoms. The van der Waals surface area contributed by atoms with Crippen molar-refractivity contribution in [2.24, 2.45) is 0 Å². The van der Waals surface area contributed by atoms with Crippen LogP contribution in [0.15, 0.2) is 72.8 Å². The monoisotopic (exact) mass is 454 g/mol. The summed E-state index contributed by atoms with van der Waals surface area (Å²) in [5.74, 6) is -0.659. The minimum absolute atomic E-state index is 0.0491. The molecule has 0 amide bonds. The highest BCUT2D eigenvalue weighted by Crippen LogP contribution is 2.24. The van der Waals surface area contributed by atoms with Gasteiger partial charge in [-0.1, -0.05) is 75.0 Å². The Morgan fingerprint density at radius 3 is 1.97 bits per heavy atom. The Labute approximate surface area is 196 Å². The summed E-state index contributed by atoms with van der Waals surface area (Å²) in [6.45, 7) is 8.81. The molecule has 2 aromatic carbocycles. The molecule has 0 radical (unpaired) electrons. The molecule has 0 saturated carbocycles. The van der Waals surface area contributed by atoms with E-state index in [0.29, 0.717) is 12.9 Å². The van der Waals surface area contributed by atoms with Gasteiger partial charge in [-0.2, -0.15) is 0 Å². The van der Waals surface area contributed by atoms with Gasteiger partial charge in [0.25, 0.3) is 0 Å². The largest absolute Gasteiger partial charge is 0.462 e. The van der Waals surface area contributed by atoms with E-state index in [4.69, 9.17) is 19.7 Å². The molecule has 0 aliphatic rings. The minimum atomic E-state index is -0.581. The standard InChI is InChI=1S/C23H28O4.C4H6O2/c1-4-5-18-6-8-19(9-7-18)20-10-12-21(13-11-20)22(15-26-3)16-27-23(25)17(2)14-24;1-4(2-5)3-6/h6-13,22,24H,2,4-5,14-16H2,1,3H3;2,6H,1,3H2. The second kappa shape index (κ2) is 15.7. The molecule has 0 heterocycles. The summed E-state index contributed by atoms with van der Waals surface area (Å²) in [5.41, 5.74) is 4.97. The van der Waals surface area contributed by atoms with Gasteiger partial charge in [-0.3, -0.25) is 4.79 Å². The van der Waals surface area contributed by atoms with Gasteiger partial charge in [0.2, 0.25) is 0 Å². The van der Waals surface area contributed by atoms with Gasteiger partial charge >= 0.3 is 5.97 Å². The molecule has 2 rings (SSSR count). The Hall–Kier alpha value is -3.06. The lowest BCUT2D eigenvalue weighted by molar-refractivity contribution is -0.140. The normalized spacial score (nSPS) is 11.0. The fourth-order valence-electron chi connectivity index (χ4n) is 2.92. The summed E-state index contributed by atoms with van der Waals surface area (Å²) in [4.78, 5) is 21.2. The van der Waals surface area contributed by atoms with E-state index in [1.807, 2.05) is 12.1 Å². The molecule has 178 valence electrons. The van der Waals surface area contributed by atoms with Crippen molar-refractivity contribution in [3.63, 3.8) is 0 Å². The van der Waals surface area contributed by atoms with E-state index in [-0.39, 0.29) is 30.3 Å². The van der Waals surface area contributed by atoms with E-state index in [1.54, 1.807) is 7.11 Å². The quantitative estimate of drug-likeness (QED) is 0.287. The van der Waals surface area contributed by atoms with Crippen LogP contribution in [-0.4, -0.2) is 56.0 Å². The first-order valence-electron chi connectivity index (χ1n) is 10.8. The summed E-state index contributed by atoms with van der Waals surface area (Å²) >= 11 is 0. The first-order valence-corrected chi connectivity index (χ1v) is 10.8. The second-order valence-electron chi connectivity index (χ2n) is 7.52. The van der Waals surface area contributed by atoms with Gasteiger partial charge in [0, 0.05) is 18.6 Å². The SMILES string of the molecule is C=C(C=O)CO.C=C(CO)C(=O)OCC(COC)c1ccc(-c2ccc(CCC)cc2)cc1. The van der Waals surface area contributed by atoms with Crippen LogP contribution in [0.1, 0.15) is 30.4 Å². The van der Waals surface area contributed by atoms with Gasteiger partial charge in [0.1, 0.15) is 12.9 Å². The van der Waals surface area contributed by atoms with Crippen LogP contribution in [0.2, 0.25) is 0 Å². The molecule has 0 aromatic heterocycles. The number of esters is 1. The average molecular weight is 455 g/mol. The predicted molar refractivity (Wildman–Crippen MR) is 130 cm³/mol. The van der Waals surface area contributed by atoms with Crippen molar-refractivity contribution >= 4 is 12.3 Å². The van der Waals surface area contributed by atoms with Crippen molar-refractivity contribution < 1.29 is 29.3 Å². The minimum Gasteiger partial charge on any atom is -0.462 e. The van der Waals surface area contributed by atoms with Crippen LogP contribution in [0.4, 0.5) is 0 Å². The van der Waals surface area contributed by atoms with Gasteiger partial charge in [-0.05, 0) is 28.7 Å². The molecule has 6 nitrogen and oxygen atoms in total. The van der Waals surface area contributed by atoms with Crippen molar-refractivity contribution in [3.05, 3.63) is 84.0 Å². The number of hydrogen-bond donors (Lipinski definition) is 2. The zero-order chi connectivity index (χ0) is 24.6. The molecule has 0 aliphatic heterocycles. The van der Waals surface area contributed by atoms with Gasteiger partial charge in [0.15, 0.2) is 0 Å². The van der Waals surface area contributed by atoms with Crippen LogP contribution in [-0.2, 0) is 25.5 Å². The molecule has 0 fully saturated rings. The molecule has 33 heavy (non-hydrogen) atoms. The summed E-state index contributed by atoms with van der Waals surface area (Å²) in [6.07, 6.45) is 2.77. The molecule has 2 N–H and O–H groups in total. The van der Waals surface area contributed by atoms with E-state index in [0.717, 1.165) is 24.0 Å². The van der Waals surface area contributed by atoms with Gasteiger partial charge in [0.05, 0.1) is 25.4 Å². The highest BCUT2D eigenvalue weighted by molar-refractivity contribution is 5.87. The predicted octanol–water partition coefficient (Wildman–Crippen LogP) is 3.86. The summed E-state index contributed by atoms with van der Waals surface area (Å²) < 4.78 is 10.5. The lowest BCUT2D eigenvalue weighted by Crippen LogP contribution is -2.18. The van der Waals surface area contributed by atoms with Gasteiger partial charge < -0.3 is 19.7 Å². The smallest absolute Gasteiger partial charge is 0.335 e. The van der Waals surface area contributed by atoms with Crippen LogP contribution in [0.3, 0.4) is 0 Å². The van der Waals surface area contributed by atoms with Crippen molar-refractivity contribution in [3.8, 4) is 11.1 Å². The fourth-order valence-corrected chi connectivity index (χ4v) is 2.92. The van der Waals surface area contributed by atoms with Crippen LogP contribution in [0.5, 0.6) is 0 Å². The Bertz CT molecular complexity index is 884. The van der Waals surface area contributed by atoms with E-state index in [9.17, 15) is 9.59 Å². The zero-order valence-corrected chi connectivity index (χ0v) is 19.5. The molecular formula is C27H34O6. The number of aliphatic hydroxyl groups excluding tert-OH is 2. The van der Waals surface area contributed by atoms with Crippen molar-refractivity contribution in [2.75, 3.05) is 33.5 Å². The highest BCUT2D eigenvalue weighted by atomic mass is 16.5.